The van der Waals surface area contributed by atoms with Gasteiger partial charge in [0.15, 0.2) is 0 Å². The highest BCUT2D eigenvalue weighted by molar-refractivity contribution is 7.22. The van der Waals surface area contributed by atoms with Crippen molar-refractivity contribution in [3.05, 3.63) is 275 Å². The fourth-order valence-electron chi connectivity index (χ4n) is 11.9. The summed E-state index contributed by atoms with van der Waals surface area (Å²) in [6.07, 6.45) is 0. The first kappa shape index (κ1) is 38.0. The van der Waals surface area contributed by atoms with Gasteiger partial charge in [0, 0.05) is 31.9 Å². The van der Waals surface area contributed by atoms with Crippen LogP contribution in [0.1, 0.15) is 44.9 Å². The average molecular weight is 907 g/mol. The van der Waals surface area contributed by atoms with Crippen LogP contribution in [0.25, 0.3) is 41.4 Å². The first-order valence-electron chi connectivity index (χ1n) is 23.1. The molecule has 4 aromatic heterocycles. The molecule has 0 bridgehead atoms. The number of anilines is 6. The third-order valence-corrected chi connectivity index (χ3v) is 16.8. The summed E-state index contributed by atoms with van der Waals surface area (Å²) < 4.78 is 18.2. The van der Waals surface area contributed by atoms with Gasteiger partial charge in [0.05, 0.1) is 32.5 Å². The molecule has 2 spiro atoms. The molecule has 0 N–H and O–H groups in total. The molecule has 2 aliphatic heterocycles. The van der Waals surface area contributed by atoms with Gasteiger partial charge in [-0.05, 0) is 118 Å². The number of fused-ring (bicyclic) bond motifs is 16. The molecule has 12 aromatic rings. The van der Waals surface area contributed by atoms with Gasteiger partial charge in [-0.1, -0.05) is 146 Å². The molecule has 0 atom stereocenters. The lowest BCUT2D eigenvalue weighted by Crippen LogP contribution is -2.48. The van der Waals surface area contributed by atoms with Crippen molar-refractivity contribution in [3.63, 3.8) is 0 Å². The standard InChI is InChI=1S/C62H38N2O2S2/c1-3-21-41(22-4-1)63-49-29-13-9-25-43(49)61(44-26-10-14-30-50(44)63)47-37-53(57-35-39-19-7-17-33-55(39)67-57)66-60(47)62(48-38-54(65-59(48)61)58-36-40-20-8-18-34-56(40)68-58)45-27-11-15-31-51(45)64(42-23-5-2-6-24-42)52-32-16-12-28-46(52)62/h1-38H. The van der Waals surface area contributed by atoms with Crippen LogP contribution in [0.4, 0.5) is 34.1 Å². The molecule has 3 aliphatic rings. The summed E-state index contributed by atoms with van der Waals surface area (Å²) in [5, 5.41) is 2.40. The number of para-hydroxylation sites is 6. The Morgan fingerprint density at radius 3 is 1.00 bits per heavy atom. The van der Waals surface area contributed by atoms with Crippen LogP contribution < -0.4 is 9.80 Å². The van der Waals surface area contributed by atoms with Gasteiger partial charge in [-0.15, -0.1) is 22.7 Å². The van der Waals surface area contributed by atoms with Crippen molar-refractivity contribution in [3.8, 4) is 21.3 Å². The van der Waals surface area contributed by atoms with Gasteiger partial charge in [0.1, 0.15) is 33.9 Å². The minimum absolute atomic E-state index is 0.839. The van der Waals surface area contributed by atoms with E-state index in [1.165, 1.54) is 20.2 Å². The molecule has 8 aromatic carbocycles. The fraction of sp³-hybridized carbons (Fsp3) is 0.0323. The van der Waals surface area contributed by atoms with Gasteiger partial charge in [-0.25, -0.2) is 0 Å². The lowest BCUT2D eigenvalue weighted by molar-refractivity contribution is 0.400. The molecular weight excluding hydrogens is 869 g/mol. The van der Waals surface area contributed by atoms with Crippen LogP contribution >= 0.6 is 22.7 Å². The van der Waals surface area contributed by atoms with Crippen molar-refractivity contribution in [1.82, 2.24) is 0 Å². The van der Waals surface area contributed by atoms with Gasteiger partial charge in [0.25, 0.3) is 0 Å². The molecule has 6 heteroatoms. The summed E-state index contributed by atoms with van der Waals surface area (Å²) in [6.45, 7) is 0. The van der Waals surface area contributed by atoms with Gasteiger partial charge in [-0.3, -0.25) is 0 Å². The summed E-state index contributed by atoms with van der Waals surface area (Å²) in [5.74, 6) is 3.47. The van der Waals surface area contributed by atoms with E-state index >= 15 is 0 Å². The van der Waals surface area contributed by atoms with Gasteiger partial charge in [0.2, 0.25) is 0 Å². The van der Waals surface area contributed by atoms with Crippen LogP contribution in [-0.2, 0) is 10.8 Å². The SMILES string of the molecule is c1ccc(N2c3ccccc3C3(c4ccccc42)c2cc(-c4cc5ccccc5s4)oc2C2(c4ccccc4N(c4ccccc4)c4ccccc42)c2cc(-c4cc5ccccc5s4)oc23)cc1. The van der Waals surface area contributed by atoms with Crippen LogP contribution in [0.3, 0.4) is 0 Å². The second-order valence-electron chi connectivity index (χ2n) is 17.9. The number of furan rings is 2. The van der Waals surface area contributed by atoms with Crippen molar-refractivity contribution in [2.45, 2.75) is 10.8 Å². The molecular formula is C62H38N2O2S2. The van der Waals surface area contributed by atoms with Gasteiger partial charge >= 0.3 is 0 Å². The maximum Gasteiger partial charge on any atom is 0.144 e. The molecule has 0 amide bonds. The fourth-order valence-corrected chi connectivity index (χ4v) is 13.9. The largest absolute Gasteiger partial charge is 0.458 e. The van der Waals surface area contributed by atoms with Crippen molar-refractivity contribution in [1.29, 1.82) is 0 Å². The molecule has 1 aliphatic carbocycles. The van der Waals surface area contributed by atoms with E-state index < -0.39 is 10.8 Å². The Hall–Kier alpha value is -8.16. The van der Waals surface area contributed by atoms with Crippen molar-refractivity contribution in [2.75, 3.05) is 9.80 Å². The second-order valence-corrected chi connectivity index (χ2v) is 20.1. The van der Waals surface area contributed by atoms with E-state index in [9.17, 15) is 0 Å². The molecule has 320 valence electrons. The van der Waals surface area contributed by atoms with E-state index in [0.717, 1.165) is 100 Å². The highest BCUT2D eigenvalue weighted by Crippen LogP contribution is 2.69. The molecule has 0 fully saturated rings. The lowest BCUT2D eigenvalue weighted by Gasteiger charge is -2.52. The molecule has 4 nitrogen and oxygen atoms in total. The average Bonchev–Trinajstić information content (AvgIpc) is 4.24. The van der Waals surface area contributed by atoms with E-state index in [0.29, 0.717) is 0 Å². The summed E-state index contributed by atoms with van der Waals surface area (Å²) in [7, 11) is 0. The van der Waals surface area contributed by atoms with Crippen LogP contribution in [0.5, 0.6) is 0 Å². The predicted molar refractivity (Wildman–Crippen MR) is 279 cm³/mol. The minimum Gasteiger partial charge on any atom is -0.458 e. The topological polar surface area (TPSA) is 32.8 Å². The van der Waals surface area contributed by atoms with Crippen molar-refractivity contribution >= 4 is 77.0 Å². The van der Waals surface area contributed by atoms with E-state index in [1.54, 1.807) is 22.7 Å². The monoisotopic (exact) mass is 906 g/mol. The molecule has 0 saturated carbocycles. The highest BCUT2D eigenvalue weighted by atomic mass is 32.1. The van der Waals surface area contributed by atoms with Crippen LogP contribution in [0, 0.1) is 0 Å². The maximum atomic E-state index is 7.90. The molecule has 0 radical (unpaired) electrons. The van der Waals surface area contributed by atoms with E-state index in [1.807, 2.05) is 0 Å². The zero-order valence-electron chi connectivity index (χ0n) is 36.5. The smallest absolute Gasteiger partial charge is 0.144 e. The molecule has 68 heavy (non-hydrogen) atoms. The summed E-state index contributed by atoms with van der Waals surface area (Å²) in [4.78, 5) is 7.01. The Bertz CT molecular complexity index is 3500. The van der Waals surface area contributed by atoms with E-state index in [4.69, 9.17) is 8.83 Å². The summed E-state index contributed by atoms with van der Waals surface area (Å²) >= 11 is 3.55. The van der Waals surface area contributed by atoms with Crippen molar-refractivity contribution in [2.24, 2.45) is 0 Å². The van der Waals surface area contributed by atoms with Crippen molar-refractivity contribution < 1.29 is 8.83 Å². The number of hydrogen-bond donors (Lipinski definition) is 0. The van der Waals surface area contributed by atoms with Gasteiger partial charge < -0.3 is 18.6 Å². The normalized spacial score (nSPS) is 14.6. The molecule has 6 heterocycles. The minimum atomic E-state index is -0.956. The second kappa shape index (κ2) is 14.2. The van der Waals surface area contributed by atoms with E-state index in [-0.39, 0.29) is 0 Å². The van der Waals surface area contributed by atoms with Crippen LogP contribution in [0.15, 0.2) is 239 Å². The Morgan fingerprint density at radius 1 is 0.309 bits per heavy atom. The molecule has 0 saturated heterocycles. The molecule has 15 rings (SSSR count). The zero-order chi connectivity index (χ0) is 44.6. The Balaban J connectivity index is 1.14. The lowest BCUT2D eigenvalue weighted by atomic mass is 9.53. The summed E-state index contributed by atoms with van der Waals surface area (Å²) in [5.41, 5.74) is 11.3. The van der Waals surface area contributed by atoms with Crippen LogP contribution in [0.2, 0.25) is 0 Å². The van der Waals surface area contributed by atoms with E-state index in [2.05, 4.69) is 240 Å². The van der Waals surface area contributed by atoms with Gasteiger partial charge in [-0.2, -0.15) is 0 Å². The Morgan fingerprint density at radius 2 is 0.632 bits per heavy atom. The maximum absolute atomic E-state index is 7.90. The Labute approximate surface area is 400 Å². The predicted octanol–water partition coefficient (Wildman–Crippen LogP) is 17.3. The third kappa shape index (κ3) is 4.97. The number of nitrogens with zero attached hydrogens (tertiary/aromatic N) is 2. The highest BCUT2D eigenvalue weighted by Gasteiger charge is 2.63. The summed E-state index contributed by atoms with van der Waals surface area (Å²) in [6, 6.07) is 83.9. The first-order chi connectivity index (χ1) is 33.7. The van der Waals surface area contributed by atoms with Crippen LogP contribution in [-0.4, -0.2) is 0 Å². The first-order valence-corrected chi connectivity index (χ1v) is 24.7. The number of hydrogen-bond acceptors (Lipinski definition) is 6. The number of rotatable bonds is 4. The third-order valence-electron chi connectivity index (χ3n) is 14.5. The quantitative estimate of drug-likeness (QED) is 0.176. The number of thiophene rings is 2. The number of benzene rings is 8. The zero-order valence-corrected chi connectivity index (χ0v) is 38.1. The molecule has 0 unspecified atom stereocenters. The Kier molecular flexibility index (Phi) is 7.92.